The normalized spacial score (nSPS) is 25.7. The standard InChI is InChI=1S/C10H18O2/c1-3-10(11)8(2)7-9-5-4-6-12-9/h8-9H,3-7H2,1-2H3. The predicted molar refractivity (Wildman–Crippen MR) is 48.1 cm³/mol. The lowest BCUT2D eigenvalue weighted by atomic mass is 9.96. The number of rotatable bonds is 4. The van der Waals surface area contributed by atoms with E-state index >= 15 is 0 Å². The van der Waals surface area contributed by atoms with Gasteiger partial charge in [0.25, 0.3) is 0 Å². The van der Waals surface area contributed by atoms with E-state index in [4.69, 9.17) is 4.74 Å². The van der Waals surface area contributed by atoms with Crippen molar-refractivity contribution in [1.82, 2.24) is 0 Å². The summed E-state index contributed by atoms with van der Waals surface area (Å²) < 4.78 is 5.47. The minimum Gasteiger partial charge on any atom is -0.378 e. The van der Waals surface area contributed by atoms with Gasteiger partial charge in [-0.15, -0.1) is 0 Å². The Morgan fingerprint density at radius 3 is 2.92 bits per heavy atom. The molecule has 1 aliphatic rings. The fourth-order valence-electron chi connectivity index (χ4n) is 1.70. The third-order valence-corrected chi connectivity index (χ3v) is 2.54. The second kappa shape index (κ2) is 4.61. The molecule has 0 aromatic rings. The maximum Gasteiger partial charge on any atom is 0.135 e. The van der Waals surface area contributed by atoms with Crippen LogP contribution in [0.5, 0.6) is 0 Å². The molecule has 0 spiro atoms. The molecule has 0 aromatic heterocycles. The number of hydrogen-bond donors (Lipinski definition) is 0. The number of carbonyl (C=O) groups excluding carboxylic acids is 1. The second-order valence-corrected chi connectivity index (χ2v) is 3.59. The Balaban J connectivity index is 2.24. The van der Waals surface area contributed by atoms with Crippen molar-refractivity contribution < 1.29 is 9.53 Å². The summed E-state index contributed by atoms with van der Waals surface area (Å²) in [5.74, 6) is 0.559. The van der Waals surface area contributed by atoms with E-state index in [9.17, 15) is 4.79 Å². The first-order valence-electron chi connectivity index (χ1n) is 4.88. The smallest absolute Gasteiger partial charge is 0.135 e. The van der Waals surface area contributed by atoms with E-state index < -0.39 is 0 Å². The van der Waals surface area contributed by atoms with Crippen LogP contribution in [0.15, 0.2) is 0 Å². The Hall–Kier alpha value is -0.370. The van der Waals surface area contributed by atoms with Crippen LogP contribution in [0.1, 0.15) is 39.5 Å². The zero-order valence-electron chi connectivity index (χ0n) is 8.01. The van der Waals surface area contributed by atoms with Crippen LogP contribution < -0.4 is 0 Å². The SMILES string of the molecule is CCC(=O)C(C)CC1CCCO1. The van der Waals surface area contributed by atoms with Gasteiger partial charge in [0, 0.05) is 18.9 Å². The summed E-state index contributed by atoms with van der Waals surface area (Å²) >= 11 is 0. The maximum atomic E-state index is 11.2. The molecular formula is C10H18O2. The lowest BCUT2D eigenvalue weighted by molar-refractivity contribution is -0.123. The van der Waals surface area contributed by atoms with Crippen LogP contribution in [0.4, 0.5) is 0 Å². The monoisotopic (exact) mass is 170 g/mol. The van der Waals surface area contributed by atoms with E-state index in [2.05, 4.69) is 0 Å². The van der Waals surface area contributed by atoms with Crippen molar-refractivity contribution in [2.45, 2.75) is 45.6 Å². The molecule has 0 radical (unpaired) electrons. The first kappa shape index (κ1) is 9.72. The summed E-state index contributed by atoms with van der Waals surface area (Å²) in [7, 11) is 0. The number of ketones is 1. The van der Waals surface area contributed by atoms with E-state index in [1.165, 1.54) is 0 Å². The van der Waals surface area contributed by atoms with Gasteiger partial charge in [0.15, 0.2) is 0 Å². The first-order chi connectivity index (χ1) is 5.74. The summed E-state index contributed by atoms with van der Waals surface area (Å²) in [5.41, 5.74) is 0. The summed E-state index contributed by atoms with van der Waals surface area (Å²) in [6, 6.07) is 0. The Bertz CT molecular complexity index is 148. The zero-order chi connectivity index (χ0) is 8.97. The largest absolute Gasteiger partial charge is 0.378 e. The van der Waals surface area contributed by atoms with Gasteiger partial charge >= 0.3 is 0 Å². The molecule has 0 aliphatic carbocycles. The van der Waals surface area contributed by atoms with Crippen molar-refractivity contribution in [1.29, 1.82) is 0 Å². The molecule has 0 amide bonds. The zero-order valence-corrected chi connectivity index (χ0v) is 8.01. The molecule has 0 bridgehead atoms. The predicted octanol–water partition coefficient (Wildman–Crippen LogP) is 2.17. The van der Waals surface area contributed by atoms with Crippen molar-refractivity contribution in [3.63, 3.8) is 0 Å². The number of hydrogen-bond acceptors (Lipinski definition) is 2. The van der Waals surface area contributed by atoms with Gasteiger partial charge in [-0.2, -0.15) is 0 Å². The molecule has 0 N–H and O–H groups in total. The minimum atomic E-state index is 0.193. The van der Waals surface area contributed by atoms with Crippen LogP contribution in [0.2, 0.25) is 0 Å². The van der Waals surface area contributed by atoms with E-state index in [0.717, 1.165) is 25.9 Å². The average Bonchev–Trinajstić information content (AvgIpc) is 2.55. The van der Waals surface area contributed by atoms with Gasteiger partial charge in [0.2, 0.25) is 0 Å². The molecule has 1 fully saturated rings. The van der Waals surface area contributed by atoms with E-state index in [1.807, 2.05) is 13.8 Å². The Morgan fingerprint density at radius 1 is 1.67 bits per heavy atom. The molecule has 1 rings (SSSR count). The van der Waals surface area contributed by atoms with E-state index in [1.54, 1.807) is 0 Å². The molecule has 70 valence electrons. The van der Waals surface area contributed by atoms with Gasteiger partial charge in [-0.3, -0.25) is 4.79 Å². The van der Waals surface area contributed by atoms with E-state index in [0.29, 0.717) is 18.3 Å². The van der Waals surface area contributed by atoms with Crippen molar-refractivity contribution in [2.75, 3.05) is 6.61 Å². The van der Waals surface area contributed by atoms with Crippen LogP contribution in [0, 0.1) is 5.92 Å². The average molecular weight is 170 g/mol. The van der Waals surface area contributed by atoms with Crippen molar-refractivity contribution >= 4 is 5.78 Å². The Kier molecular flexibility index (Phi) is 3.73. The van der Waals surface area contributed by atoms with Crippen LogP contribution in [-0.2, 0) is 9.53 Å². The number of ether oxygens (including phenoxy) is 1. The van der Waals surface area contributed by atoms with Gasteiger partial charge in [0.05, 0.1) is 6.10 Å². The molecule has 2 atom stereocenters. The summed E-state index contributed by atoms with van der Waals surface area (Å²) in [4.78, 5) is 11.2. The molecule has 2 nitrogen and oxygen atoms in total. The van der Waals surface area contributed by atoms with Crippen LogP contribution in [0.25, 0.3) is 0 Å². The Labute approximate surface area is 74.3 Å². The fourth-order valence-corrected chi connectivity index (χ4v) is 1.70. The molecule has 1 aliphatic heterocycles. The molecule has 12 heavy (non-hydrogen) atoms. The quantitative estimate of drug-likeness (QED) is 0.646. The highest BCUT2D eigenvalue weighted by molar-refractivity contribution is 5.80. The summed E-state index contributed by atoms with van der Waals surface area (Å²) in [6.45, 7) is 4.82. The first-order valence-corrected chi connectivity index (χ1v) is 4.88. The van der Waals surface area contributed by atoms with Crippen molar-refractivity contribution in [3.05, 3.63) is 0 Å². The lowest BCUT2D eigenvalue weighted by Gasteiger charge is -2.13. The Morgan fingerprint density at radius 2 is 2.42 bits per heavy atom. The number of Topliss-reactive ketones (excluding diaryl/α,β-unsaturated/α-hetero) is 1. The molecule has 1 heterocycles. The molecule has 1 saturated heterocycles. The number of carbonyl (C=O) groups is 1. The summed E-state index contributed by atoms with van der Waals surface area (Å²) in [5, 5.41) is 0. The van der Waals surface area contributed by atoms with Gasteiger partial charge in [-0.25, -0.2) is 0 Å². The highest BCUT2D eigenvalue weighted by atomic mass is 16.5. The van der Waals surface area contributed by atoms with Crippen LogP contribution in [-0.4, -0.2) is 18.5 Å². The second-order valence-electron chi connectivity index (χ2n) is 3.59. The topological polar surface area (TPSA) is 26.3 Å². The highest BCUT2D eigenvalue weighted by Gasteiger charge is 2.21. The third kappa shape index (κ3) is 2.59. The molecule has 2 unspecified atom stereocenters. The molecule has 0 aromatic carbocycles. The highest BCUT2D eigenvalue weighted by Crippen LogP contribution is 2.20. The minimum absolute atomic E-state index is 0.193. The molecule has 2 heteroatoms. The van der Waals surface area contributed by atoms with Crippen molar-refractivity contribution in [2.24, 2.45) is 5.92 Å². The third-order valence-electron chi connectivity index (χ3n) is 2.54. The van der Waals surface area contributed by atoms with Crippen molar-refractivity contribution in [3.8, 4) is 0 Å². The van der Waals surface area contributed by atoms with Crippen LogP contribution in [0.3, 0.4) is 0 Å². The summed E-state index contributed by atoms with van der Waals surface area (Å²) in [6.07, 6.45) is 4.25. The van der Waals surface area contributed by atoms with Gasteiger partial charge in [0.1, 0.15) is 5.78 Å². The maximum absolute atomic E-state index is 11.2. The van der Waals surface area contributed by atoms with Crippen LogP contribution >= 0.6 is 0 Å². The molecule has 0 saturated carbocycles. The van der Waals surface area contributed by atoms with Gasteiger partial charge in [-0.05, 0) is 19.3 Å². The van der Waals surface area contributed by atoms with E-state index in [-0.39, 0.29) is 5.92 Å². The fraction of sp³-hybridized carbons (Fsp3) is 0.900. The molecular weight excluding hydrogens is 152 g/mol. The van der Waals surface area contributed by atoms with Gasteiger partial charge < -0.3 is 4.74 Å². The lowest BCUT2D eigenvalue weighted by Crippen LogP contribution is -2.17. The van der Waals surface area contributed by atoms with Gasteiger partial charge in [-0.1, -0.05) is 13.8 Å².